The highest BCUT2D eigenvalue weighted by Gasteiger charge is 2.29. The van der Waals surface area contributed by atoms with Crippen molar-refractivity contribution < 1.29 is 18.0 Å². The fourth-order valence-electron chi connectivity index (χ4n) is 4.21. The number of hydrogen-bond acceptors (Lipinski definition) is 4. The minimum absolute atomic E-state index is 0.213. The first-order valence-electron chi connectivity index (χ1n) is 9.79. The molecule has 0 radical (unpaired) electrons. The molecule has 0 saturated carbocycles. The van der Waals surface area contributed by atoms with Gasteiger partial charge in [-0.3, -0.25) is 4.79 Å². The molecule has 0 saturated heterocycles. The van der Waals surface area contributed by atoms with Gasteiger partial charge in [-0.15, -0.1) is 0 Å². The number of urea groups is 1. The Labute approximate surface area is 166 Å². The highest BCUT2D eigenvalue weighted by atomic mass is 32.2. The van der Waals surface area contributed by atoms with Crippen LogP contribution in [0.25, 0.3) is 0 Å². The maximum absolute atomic E-state index is 12.5. The quantitative estimate of drug-likeness (QED) is 0.673. The summed E-state index contributed by atoms with van der Waals surface area (Å²) in [5.41, 5.74) is 4.96. The van der Waals surface area contributed by atoms with Crippen LogP contribution in [0.1, 0.15) is 55.9 Å². The maximum Gasteiger partial charge on any atom is 0.332 e. The molecule has 0 bridgehead atoms. The van der Waals surface area contributed by atoms with Crippen molar-refractivity contribution in [3.63, 3.8) is 0 Å². The number of nitrogens with one attached hydrogen (secondary N) is 3. The zero-order valence-corrected chi connectivity index (χ0v) is 17.6. The number of carbonyl (C=O) groups excluding carboxylic acids is 2. The van der Waals surface area contributed by atoms with Crippen LogP contribution in [-0.4, -0.2) is 32.7 Å². The Kier molecular flexibility index (Phi) is 5.70. The average Bonchev–Trinajstić information content (AvgIpc) is 3.19. The van der Waals surface area contributed by atoms with Gasteiger partial charge < -0.3 is 10.6 Å². The lowest BCUT2D eigenvalue weighted by Gasteiger charge is -2.24. The van der Waals surface area contributed by atoms with Gasteiger partial charge in [0.25, 0.3) is 0 Å². The molecule has 0 spiro atoms. The van der Waals surface area contributed by atoms with Gasteiger partial charge >= 0.3 is 6.03 Å². The summed E-state index contributed by atoms with van der Waals surface area (Å²) in [6.45, 7) is 5.06. The van der Waals surface area contributed by atoms with Gasteiger partial charge in [0.1, 0.15) is 0 Å². The predicted octanol–water partition coefficient (Wildman–Crippen LogP) is 2.28. The standard InChI is InChI=1S/C20H29N3O4S/c1-13(24)21-11-20(2,3)12-28(26,27)23-19(25)22-18-16-8-4-6-14(16)10-15-7-5-9-17(15)18/h10H,4-9,11-12H2,1-3H3,(H,21,24)(H2,22,23,25). The zero-order chi connectivity index (χ0) is 20.5. The van der Waals surface area contributed by atoms with Crippen LogP contribution in [0.2, 0.25) is 0 Å². The molecule has 154 valence electrons. The van der Waals surface area contributed by atoms with E-state index in [9.17, 15) is 18.0 Å². The molecule has 2 aliphatic rings. The Balaban J connectivity index is 1.70. The van der Waals surface area contributed by atoms with Gasteiger partial charge in [0.15, 0.2) is 0 Å². The first kappa shape index (κ1) is 20.6. The highest BCUT2D eigenvalue weighted by molar-refractivity contribution is 7.90. The normalized spacial score (nSPS) is 15.7. The average molecular weight is 408 g/mol. The van der Waals surface area contributed by atoms with Crippen LogP contribution in [-0.2, 0) is 40.5 Å². The lowest BCUT2D eigenvalue weighted by atomic mass is 9.96. The molecule has 2 aliphatic carbocycles. The van der Waals surface area contributed by atoms with Crippen molar-refractivity contribution in [2.75, 3.05) is 17.6 Å². The topological polar surface area (TPSA) is 104 Å². The van der Waals surface area contributed by atoms with Crippen molar-refractivity contribution in [2.24, 2.45) is 5.41 Å². The smallest absolute Gasteiger partial charge is 0.332 e. The van der Waals surface area contributed by atoms with Gasteiger partial charge in [-0.2, -0.15) is 0 Å². The molecule has 28 heavy (non-hydrogen) atoms. The number of aryl methyl sites for hydroxylation is 2. The van der Waals surface area contributed by atoms with E-state index in [0.29, 0.717) is 0 Å². The van der Waals surface area contributed by atoms with Gasteiger partial charge in [-0.1, -0.05) is 19.9 Å². The second-order valence-corrected chi connectivity index (χ2v) is 10.3. The number of benzene rings is 1. The number of anilines is 1. The van der Waals surface area contributed by atoms with Crippen LogP contribution in [0.4, 0.5) is 10.5 Å². The molecule has 1 aromatic rings. The van der Waals surface area contributed by atoms with Crippen LogP contribution in [0.5, 0.6) is 0 Å². The molecule has 1 aromatic carbocycles. The Hall–Kier alpha value is -2.09. The summed E-state index contributed by atoms with van der Waals surface area (Å²) in [5, 5.41) is 5.46. The van der Waals surface area contributed by atoms with E-state index < -0.39 is 21.5 Å². The summed E-state index contributed by atoms with van der Waals surface area (Å²) in [5.74, 6) is -0.485. The number of carbonyl (C=O) groups is 2. The molecule has 3 rings (SSSR count). The van der Waals surface area contributed by atoms with Crippen molar-refractivity contribution in [3.05, 3.63) is 28.3 Å². The van der Waals surface area contributed by atoms with Gasteiger partial charge in [-0.25, -0.2) is 17.9 Å². The van der Waals surface area contributed by atoms with Gasteiger partial charge in [0, 0.05) is 19.2 Å². The summed E-state index contributed by atoms with van der Waals surface area (Å²) in [6.07, 6.45) is 5.96. The molecule has 0 fully saturated rings. The lowest BCUT2D eigenvalue weighted by Crippen LogP contribution is -2.43. The summed E-state index contributed by atoms with van der Waals surface area (Å²) in [7, 11) is -3.85. The number of sulfonamides is 1. The van der Waals surface area contributed by atoms with Gasteiger partial charge in [-0.05, 0) is 66.2 Å². The van der Waals surface area contributed by atoms with Gasteiger partial charge in [0.05, 0.1) is 5.75 Å². The van der Waals surface area contributed by atoms with Crippen LogP contribution >= 0.6 is 0 Å². The SMILES string of the molecule is CC(=O)NCC(C)(C)CS(=O)(=O)NC(=O)Nc1c2c(cc3c1CCC3)CCC2. The van der Waals surface area contributed by atoms with Crippen molar-refractivity contribution >= 4 is 27.6 Å². The molecule has 0 aliphatic heterocycles. The fraction of sp³-hybridized carbons (Fsp3) is 0.600. The number of hydrogen-bond donors (Lipinski definition) is 3. The molecule has 8 heteroatoms. The molecule has 0 atom stereocenters. The summed E-state index contributed by atoms with van der Waals surface area (Å²) in [4.78, 5) is 23.6. The van der Waals surface area contributed by atoms with E-state index in [4.69, 9.17) is 0 Å². The van der Waals surface area contributed by atoms with E-state index in [2.05, 4.69) is 21.4 Å². The third-order valence-corrected chi connectivity index (χ3v) is 7.01. The predicted molar refractivity (Wildman–Crippen MR) is 109 cm³/mol. The molecule has 3 amide bonds. The number of fused-ring (bicyclic) bond motifs is 2. The van der Waals surface area contributed by atoms with E-state index >= 15 is 0 Å². The van der Waals surface area contributed by atoms with Crippen LogP contribution in [0.15, 0.2) is 6.07 Å². The third kappa shape index (κ3) is 4.84. The first-order valence-corrected chi connectivity index (χ1v) is 11.4. The zero-order valence-electron chi connectivity index (χ0n) is 16.8. The molecule has 0 aromatic heterocycles. The van der Waals surface area contributed by atoms with E-state index in [0.717, 1.165) is 55.3 Å². The highest BCUT2D eigenvalue weighted by Crippen LogP contribution is 2.38. The largest absolute Gasteiger partial charge is 0.356 e. The Morgan fingerprint density at radius 2 is 1.61 bits per heavy atom. The monoisotopic (exact) mass is 407 g/mol. The Morgan fingerprint density at radius 1 is 1.04 bits per heavy atom. The third-order valence-electron chi connectivity index (χ3n) is 5.36. The summed E-state index contributed by atoms with van der Waals surface area (Å²) >= 11 is 0. The minimum atomic E-state index is -3.85. The molecule has 3 N–H and O–H groups in total. The molecular formula is C20H29N3O4S. The second-order valence-electron chi connectivity index (χ2n) is 8.62. The molecular weight excluding hydrogens is 378 g/mol. The van der Waals surface area contributed by atoms with Crippen LogP contribution < -0.4 is 15.4 Å². The Bertz CT molecular complexity index is 874. The molecule has 0 unspecified atom stereocenters. The fourth-order valence-corrected chi connectivity index (χ4v) is 5.75. The summed E-state index contributed by atoms with van der Waals surface area (Å²) in [6, 6.07) is 1.54. The van der Waals surface area contributed by atoms with E-state index in [1.54, 1.807) is 13.8 Å². The Morgan fingerprint density at radius 3 is 2.14 bits per heavy atom. The van der Waals surface area contributed by atoms with E-state index in [1.165, 1.54) is 18.1 Å². The number of rotatable bonds is 6. The lowest BCUT2D eigenvalue weighted by molar-refractivity contribution is -0.119. The van der Waals surface area contributed by atoms with Gasteiger partial charge in [0.2, 0.25) is 15.9 Å². The van der Waals surface area contributed by atoms with E-state index in [-0.39, 0.29) is 18.2 Å². The van der Waals surface area contributed by atoms with Crippen molar-refractivity contribution in [2.45, 2.75) is 59.3 Å². The first-order chi connectivity index (χ1) is 13.1. The molecule has 0 heterocycles. The van der Waals surface area contributed by atoms with Crippen molar-refractivity contribution in [1.82, 2.24) is 10.0 Å². The summed E-state index contributed by atoms with van der Waals surface area (Å²) < 4.78 is 27.1. The maximum atomic E-state index is 12.5. The van der Waals surface area contributed by atoms with Crippen LogP contribution in [0.3, 0.4) is 0 Å². The van der Waals surface area contributed by atoms with Crippen molar-refractivity contribution in [3.8, 4) is 0 Å². The minimum Gasteiger partial charge on any atom is -0.356 e. The second kappa shape index (κ2) is 7.73. The number of amides is 3. The van der Waals surface area contributed by atoms with Crippen LogP contribution in [0, 0.1) is 5.41 Å². The molecule has 7 nitrogen and oxygen atoms in total. The van der Waals surface area contributed by atoms with E-state index in [1.807, 2.05) is 0 Å². The van der Waals surface area contributed by atoms with Crippen molar-refractivity contribution in [1.29, 1.82) is 0 Å².